The van der Waals surface area contributed by atoms with Gasteiger partial charge >= 0.3 is 0 Å². The van der Waals surface area contributed by atoms with Gasteiger partial charge < -0.3 is 5.32 Å². The van der Waals surface area contributed by atoms with Gasteiger partial charge in [0.15, 0.2) is 0 Å². The molecule has 19 heavy (non-hydrogen) atoms. The molecule has 1 saturated carbocycles. The molecule has 1 aliphatic carbocycles. The Hall–Kier alpha value is -1.38. The predicted molar refractivity (Wildman–Crippen MR) is 74.5 cm³/mol. The van der Waals surface area contributed by atoms with Crippen molar-refractivity contribution in [3.05, 3.63) is 35.1 Å². The normalized spacial score (nSPS) is 20.1. The molecule has 0 bridgehead atoms. The lowest BCUT2D eigenvalue weighted by atomic mass is 10.0. The van der Waals surface area contributed by atoms with Crippen molar-refractivity contribution in [2.75, 3.05) is 6.54 Å². The molecule has 1 amide bonds. The van der Waals surface area contributed by atoms with Crippen molar-refractivity contribution in [1.29, 1.82) is 0 Å². The van der Waals surface area contributed by atoms with E-state index in [9.17, 15) is 9.18 Å². The van der Waals surface area contributed by atoms with E-state index in [0.717, 1.165) is 0 Å². The van der Waals surface area contributed by atoms with E-state index in [2.05, 4.69) is 33.0 Å². The topological polar surface area (TPSA) is 29.1 Å². The first-order chi connectivity index (χ1) is 8.68. The third kappa shape index (κ3) is 2.26. The second kappa shape index (κ2) is 4.32. The molecule has 3 heteroatoms. The smallest absolute Gasteiger partial charge is 0.251 e. The number of benzene rings is 1. The lowest BCUT2D eigenvalue weighted by molar-refractivity contribution is 0.0949. The number of rotatable bonds is 3. The van der Waals surface area contributed by atoms with Crippen LogP contribution in [0.5, 0.6) is 0 Å². The molecule has 2 nitrogen and oxygen atoms in total. The number of amides is 1. The lowest BCUT2D eigenvalue weighted by Crippen LogP contribution is -2.27. The van der Waals surface area contributed by atoms with Crippen LogP contribution in [0.25, 0.3) is 0 Å². The van der Waals surface area contributed by atoms with Gasteiger partial charge in [-0.2, -0.15) is 0 Å². The summed E-state index contributed by atoms with van der Waals surface area (Å²) in [5.41, 5.74) is 1.55. The summed E-state index contributed by atoms with van der Waals surface area (Å²) in [7, 11) is 0. The van der Waals surface area contributed by atoms with Gasteiger partial charge in [-0.1, -0.05) is 27.7 Å². The average Bonchev–Trinajstić information content (AvgIpc) is 2.70. The van der Waals surface area contributed by atoms with Crippen LogP contribution in [0.1, 0.15) is 43.6 Å². The first-order valence-electron chi connectivity index (χ1n) is 6.72. The Morgan fingerprint density at radius 1 is 1.26 bits per heavy atom. The van der Waals surface area contributed by atoms with E-state index in [0.29, 0.717) is 23.6 Å². The van der Waals surface area contributed by atoms with Gasteiger partial charge in [0.1, 0.15) is 5.82 Å². The monoisotopic (exact) mass is 263 g/mol. The van der Waals surface area contributed by atoms with E-state index >= 15 is 0 Å². The second-order valence-corrected chi connectivity index (χ2v) is 6.67. The third-order valence-electron chi connectivity index (χ3n) is 5.21. The summed E-state index contributed by atoms with van der Waals surface area (Å²) >= 11 is 0. The van der Waals surface area contributed by atoms with Crippen molar-refractivity contribution in [1.82, 2.24) is 5.32 Å². The van der Waals surface area contributed by atoms with Gasteiger partial charge in [-0.15, -0.1) is 0 Å². The molecule has 1 aromatic carbocycles. The Morgan fingerprint density at radius 3 is 2.32 bits per heavy atom. The summed E-state index contributed by atoms with van der Waals surface area (Å²) in [6.45, 7) is 11.3. The molecule has 0 aromatic heterocycles. The SMILES string of the molecule is Cc1cc(C(=O)NCC2C(C)(C)C2(C)C)ccc1F. The molecule has 0 spiro atoms. The number of hydrogen-bond donors (Lipinski definition) is 1. The highest BCUT2D eigenvalue weighted by atomic mass is 19.1. The van der Waals surface area contributed by atoms with Crippen molar-refractivity contribution in [2.45, 2.75) is 34.6 Å². The minimum atomic E-state index is -0.277. The summed E-state index contributed by atoms with van der Waals surface area (Å²) in [5.74, 6) is 0.0908. The summed E-state index contributed by atoms with van der Waals surface area (Å²) in [6.07, 6.45) is 0. The zero-order valence-corrected chi connectivity index (χ0v) is 12.3. The Balaban J connectivity index is 1.98. The van der Waals surface area contributed by atoms with Crippen LogP contribution in [0.4, 0.5) is 4.39 Å². The minimum Gasteiger partial charge on any atom is -0.352 e. The van der Waals surface area contributed by atoms with Crippen LogP contribution in [-0.4, -0.2) is 12.5 Å². The summed E-state index contributed by atoms with van der Waals surface area (Å²) in [4.78, 5) is 12.0. The standard InChI is InChI=1S/C16H22FNO/c1-10-8-11(6-7-12(10)17)14(19)18-9-13-15(2,3)16(13,4)5/h6-8,13H,9H2,1-5H3,(H,18,19). The maximum Gasteiger partial charge on any atom is 0.251 e. The molecular weight excluding hydrogens is 241 g/mol. The lowest BCUT2D eigenvalue weighted by Gasteiger charge is -2.07. The van der Waals surface area contributed by atoms with Gasteiger partial charge in [0.05, 0.1) is 0 Å². The quantitative estimate of drug-likeness (QED) is 0.887. The zero-order chi connectivity index (χ0) is 14.4. The number of hydrogen-bond acceptors (Lipinski definition) is 1. The van der Waals surface area contributed by atoms with E-state index < -0.39 is 0 Å². The number of carbonyl (C=O) groups excluding carboxylic acids is 1. The first kappa shape index (κ1) is 14.0. The second-order valence-electron chi connectivity index (χ2n) is 6.67. The molecule has 1 N–H and O–H groups in total. The highest BCUT2D eigenvalue weighted by Gasteiger charge is 2.64. The number of halogens is 1. The number of carbonyl (C=O) groups is 1. The predicted octanol–water partition coefficient (Wildman–Crippen LogP) is 3.55. The number of nitrogens with one attached hydrogen (secondary N) is 1. The molecule has 0 saturated heterocycles. The Kier molecular flexibility index (Phi) is 3.20. The van der Waals surface area contributed by atoms with E-state index in [1.54, 1.807) is 13.0 Å². The molecule has 0 radical (unpaired) electrons. The molecule has 1 fully saturated rings. The van der Waals surface area contributed by atoms with Crippen LogP contribution in [0, 0.1) is 29.5 Å². The first-order valence-corrected chi connectivity index (χ1v) is 6.72. The molecule has 0 atom stereocenters. The Bertz CT molecular complexity index is 505. The maximum atomic E-state index is 13.2. The van der Waals surface area contributed by atoms with Crippen molar-refractivity contribution in [3.63, 3.8) is 0 Å². The van der Waals surface area contributed by atoms with Crippen LogP contribution in [0.3, 0.4) is 0 Å². The fraction of sp³-hybridized carbons (Fsp3) is 0.562. The van der Waals surface area contributed by atoms with Crippen molar-refractivity contribution in [2.24, 2.45) is 16.7 Å². The molecular formula is C16H22FNO. The minimum absolute atomic E-state index is 0.124. The van der Waals surface area contributed by atoms with Gasteiger partial charge in [-0.25, -0.2) is 4.39 Å². The van der Waals surface area contributed by atoms with E-state index in [-0.39, 0.29) is 22.6 Å². The van der Waals surface area contributed by atoms with Crippen LogP contribution < -0.4 is 5.32 Å². The van der Waals surface area contributed by atoms with Crippen LogP contribution in [0.2, 0.25) is 0 Å². The van der Waals surface area contributed by atoms with Gasteiger partial charge in [0.2, 0.25) is 0 Å². The molecule has 1 aromatic rings. The van der Waals surface area contributed by atoms with Crippen molar-refractivity contribution >= 4 is 5.91 Å². The van der Waals surface area contributed by atoms with E-state index in [1.165, 1.54) is 12.1 Å². The Morgan fingerprint density at radius 2 is 1.84 bits per heavy atom. The Labute approximate surface area is 114 Å². The van der Waals surface area contributed by atoms with Crippen molar-refractivity contribution in [3.8, 4) is 0 Å². The van der Waals surface area contributed by atoms with E-state index in [1.807, 2.05) is 0 Å². The molecule has 104 valence electrons. The molecule has 0 heterocycles. The molecule has 0 aliphatic heterocycles. The van der Waals surface area contributed by atoms with Crippen molar-refractivity contribution < 1.29 is 9.18 Å². The van der Waals surface area contributed by atoms with Gasteiger partial charge in [-0.3, -0.25) is 4.79 Å². The van der Waals surface area contributed by atoms with Crippen LogP contribution >= 0.6 is 0 Å². The van der Waals surface area contributed by atoms with Crippen LogP contribution in [0.15, 0.2) is 18.2 Å². The maximum absolute atomic E-state index is 13.2. The van der Waals surface area contributed by atoms with Gasteiger partial charge in [0.25, 0.3) is 5.91 Å². The van der Waals surface area contributed by atoms with E-state index in [4.69, 9.17) is 0 Å². The highest BCUT2D eigenvalue weighted by Crippen LogP contribution is 2.67. The molecule has 2 rings (SSSR count). The number of aryl methyl sites for hydroxylation is 1. The molecule has 0 unspecified atom stereocenters. The fourth-order valence-corrected chi connectivity index (χ4v) is 2.93. The zero-order valence-electron chi connectivity index (χ0n) is 12.3. The average molecular weight is 263 g/mol. The van der Waals surface area contributed by atoms with Crippen LogP contribution in [-0.2, 0) is 0 Å². The van der Waals surface area contributed by atoms with Gasteiger partial charge in [0, 0.05) is 12.1 Å². The summed E-state index contributed by atoms with van der Waals surface area (Å²) in [6, 6.07) is 4.46. The van der Waals surface area contributed by atoms with Gasteiger partial charge in [-0.05, 0) is 47.4 Å². The summed E-state index contributed by atoms with van der Waals surface area (Å²) < 4.78 is 13.2. The third-order valence-corrected chi connectivity index (χ3v) is 5.21. The fourth-order valence-electron chi connectivity index (χ4n) is 2.93. The highest BCUT2D eigenvalue weighted by molar-refractivity contribution is 5.94. The summed E-state index contributed by atoms with van der Waals surface area (Å²) in [5, 5.41) is 2.96. The molecule has 1 aliphatic rings. The largest absolute Gasteiger partial charge is 0.352 e.